The maximum absolute atomic E-state index is 5.50. The van der Waals surface area contributed by atoms with E-state index in [-0.39, 0.29) is 0 Å². The minimum atomic E-state index is 0.356. The zero-order valence-corrected chi connectivity index (χ0v) is 17.2. The molecule has 4 aromatic rings. The van der Waals surface area contributed by atoms with Gasteiger partial charge in [-0.15, -0.1) is 11.3 Å². The Labute approximate surface area is 171 Å². The quantitative estimate of drug-likeness (QED) is 0.450. The van der Waals surface area contributed by atoms with E-state index in [1.807, 2.05) is 36.6 Å². The van der Waals surface area contributed by atoms with Crippen LogP contribution in [0, 0.1) is 6.92 Å². The number of hydrogen-bond donors (Lipinski definition) is 0. The topological polar surface area (TPSA) is 79.5 Å². The zero-order valence-electron chi connectivity index (χ0n) is 16.4. The van der Waals surface area contributed by atoms with Crippen LogP contribution in [0.15, 0.2) is 46.3 Å². The fourth-order valence-electron chi connectivity index (χ4n) is 2.98. The molecule has 0 unspecified atom stereocenters. The summed E-state index contributed by atoms with van der Waals surface area (Å²) in [5, 5.41) is 7.20. The molecule has 0 aliphatic rings. The van der Waals surface area contributed by atoms with Gasteiger partial charge in [0, 0.05) is 22.1 Å². The number of methoxy groups -OCH3 is 3. The van der Waals surface area contributed by atoms with Crippen molar-refractivity contribution in [3.8, 4) is 51.3 Å². The SMILES string of the molecule is COc1cc(-c2nc(-c3cccc(-c4csc(C)n4)c3)no2)cc(OC)c1OC. The molecule has 0 N–H and O–H groups in total. The van der Waals surface area contributed by atoms with Crippen LogP contribution >= 0.6 is 11.3 Å². The van der Waals surface area contributed by atoms with Crippen molar-refractivity contribution >= 4 is 11.3 Å². The lowest BCUT2D eigenvalue weighted by Crippen LogP contribution is -1.95. The first-order chi connectivity index (χ1) is 14.1. The third kappa shape index (κ3) is 3.66. The van der Waals surface area contributed by atoms with Gasteiger partial charge in [0.1, 0.15) is 0 Å². The van der Waals surface area contributed by atoms with Crippen molar-refractivity contribution in [1.29, 1.82) is 0 Å². The second kappa shape index (κ2) is 7.92. The summed E-state index contributed by atoms with van der Waals surface area (Å²) < 4.78 is 21.7. The first-order valence-electron chi connectivity index (χ1n) is 8.80. The fraction of sp³-hybridized carbons (Fsp3) is 0.190. The number of benzene rings is 2. The maximum Gasteiger partial charge on any atom is 0.258 e. The molecule has 0 radical (unpaired) electrons. The minimum Gasteiger partial charge on any atom is -0.493 e. The van der Waals surface area contributed by atoms with Crippen LogP contribution in [-0.4, -0.2) is 36.5 Å². The van der Waals surface area contributed by atoms with Crippen molar-refractivity contribution in [1.82, 2.24) is 15.1 Å². The van der Waals surface area contributed by atoms with Crippen LogP contribution in [0.25, 0.3) is 34.1 Å². The maximum atomic E-state index is 5.50. The number of ether oxygens (including phenoxy) is 3. The molecule has 2 aromatic carbocycles. The normalized spacial score (nSPS) is 10.8. The van der Waals surface area contributed by atoms with Gasteiger partial charge < -0.3 is 18.7 Å². The smallest absolute Gasteiger partial charge is 0.258 e. The number of thiazole rings is 1. The van der Waals surface area contributed by atoms with Crippen molar-refractivity contribution in [3.63, 3.8) is 0 Å². The lowest BCUT2D eigenvalue weighted by molar-refractivity contribution is 0.324. The molecule has 0 saturated heterocycles. The molecule has 8 heteroatoms. The van der Waals surface area contributed by atoms with E-state index >= 15 is 0 Å². The van der Waals surface area contributed by atoms with Crippen LogP contribution in [0.3, 0.4) is 0 Å². The highest BCUT2D eigenvalue weighted by Gasteiger charge is 2.18. The second-order valence-electron chi connectivity index (χ2n) is 6.17. The molecule has 0 atom stereocenters. The summed E-state index contributed by atoms with van der Waals surface area (Å²) in [5.41, 5.74) is 3.45. The lowest BCUT2D eigenvalue weighted by atomic mass is 10.1. The Bertz CT molecular complexity index is 1130. The molecule has 2 heterocycles. The molecule has 0 fully saturated rings. The van der Waals surface area contributed by atoms with Crippen LogP contribution in [-0.2, 0) is 0 Å². The van der Waals surface area contributed by atoms with Gasteiger partial charge in [-0.05, 0) is 25.1 Å². The average Bonchev–Trinajstić information content (AvgIpc) is 3.42. The largest absolute Gasteiger partial charge is 0.493 e. The van der Waals surface area contributed by atoms with Crippen molar-refractivity contribution in [2.75, 3.05) is 21.3 Å². The van der Waals surface area contributed by atoms with Gasteiger partial charge in [-0.2, -0.15) is 4.98 Å². The van der Waals surface area contributed by atoms with Gasteiger partial charge in [0.25, 0.3) is 5.89 Å². The van der Waals surface area contributed by atoms with E-state index in [2.05, 4.69) is 15.1 Å². The Morgan fingerprint density at radius 2 is 1.59 bits per heavy atom. The van der Waals surface area contributed by atoms with Gasteiger partial charge in [0.15, 0.2) is 11.5 Å². The van der Waals surface area contributed by atoms with Gasteiger partial charge in [-0.1, -0.05) is 23.4 Å². The molecule has 0 bridgehead atoms. The number of aryl methyl sites for hydroxylation is 1. The standard InChI is InChI=1S/C21H19N3O4S/c1-12-22-16(11-29-12)13-6-5-7-14(8-13)20-23-21(28-24-20)15-9-17(25-2)19(27-4)18(10-15)26-3/h5-11H,1-4H3. The molecule has 0 saturated carbocycles. The molecule has 0 spiro atoms. The van der Waals surface area contributed by atoms with Crippen molar-refractivity contribution in [2.45, 2.75) is 6.92 Å². The molecule has 7 nitrogen and oxygen atoms in total. The Hall–Kier alpha value is -3.39. The minimum absolute atomic E-state index is 0.356. The Kier molecular flexibility index (Phi) is 5.18. The summed E-state index contributed by atoms with van der Waals surface area (Å²) in [7, 11) is 4.68. The van der Waals surface area contributed by atoms with Gasteiger partial charge in [-0.3, -0.25) is 0 Å². The van der Waals surface area contributed by atoms with Crippen molar-refractivity contribution in [3.05, 3.63) is 46.8 Å². The summed E-state index contributed by atoms with van der Waals surface area (Å²) >= 11 is 1.62. The number of hydrogen-bond acceptors (Lipinski definition) is 8. The molecular weight excluding hydrogens is 390 g/mol. The highest BCUT2D eigenvalue weighted by atomic mass is 32.1. The highest BCUT2D eigenvalue weighted by Crippen LogP contribution is 2.41. The predicted molar refractivity (Wildman–Crippen MR) is 111 cm³/mol. The number of nitrogens with zero attached hydrogens (tertiary/aromatic N) is 3. The van der Waals surface area contributed by atoms with E-state index < -0.39 is 0 Å². The van der Waals surface area contributed by atoms with Gasteiger partial charge >= 0.3 is 0 Å². The molecule has 4 rings (SSSR count). The van der Waals surface area contributed by atoms with Crippen LogP contribution in [0.1, 0.15) is 5.01 Å². The van der Waals surface area contributed by atoms with E-state index in [0.29, 0.717) is 34.5 Å². The van der Waals surface area contributed by atoms with Crippen LogP contribution in [0.2, 0.25) is 0 Å². The van der Waals surface area contributed by atoms with Crippen molar-refractivity contribution < 1.29 is 18.7 Å². The highest BCUT2D eigenvalue weighted by molar-refractivity contribution is 7.09. The second-order valence-corrected chi connectivity index (χ2v) is 7.23. The fourth-order valence-corrected chi connectivity index (χ4v) is 3.60. The van der Waals surface area contributed by atoms with Gasteiger partial charge in [0.05, 0.1) is 32.0 Å². The van der Waals surface area contributed by atoms with E-state index in [9.17, 15) is 0 Å². The monoisotopic (exact) mass is 409 g/mol. The van der Waals surface area contributed by atoms with E-state index in [1.54, 1.807) is 44.8 Å². The lowest BCUT2D eigenvalue weighted by Gasteiger charge is -2.12. The first-order valence-corrected chi connectivity index (χ1v) is 9.68. The van der Waals surface area contributed by atoms with Crippen molar-refractivity contribution in [2.24, 2.45) is 0 Å². The van der Waals surface area contributed by atoms with Gasteiger partial charge in [-0.25, -0.2) is 4.98 Å². The molecule has 148 valence electrons. The van der Waals surface area contributed by atoms with E-state index in [1.165, 1.54) is 0 Å². The predicted octanol–water partition coefficient (Wildman–Crippen LogP) is 4.86. The summed E-state index contributed by atoms with van der Waals surface area (Å²) in [4.78, 5) is 9.09. The molecular formula is C21H19N3O4S. The third-order valence-electron chi connectivity index (χ3n) is 4.37. The summed E-state index contributed by atoms with van der Waals surface area (Å²) in [6.45, 7) is 1.99. The molecule has 2 aromatic heterocycles. The molecule has 0 aliphatic carbocycles. The average molecular weight is 409 g/mol. The first kappa shape index (κ1) is 18.9. The Morgan fingerprint density at radius 3 is 2.21 bits per heavy atom. The van der Waals surface area contributed by atoms with Gasteiger partial charge in [0.2, 0.25) is 11.6 Å². The Balaban J connectivity index is 1.71. The number of rotatable bonds is 6. The van der Waals surface area contributed by atoms with Crippen LogP contribution in [0.5, 0.6) is 17.2 Å². The van der Waals surface area contributed by atoms with Crippen LogP contribution < -0.4 is 14.2 Å². The summed E-state index contributed by atoms with van der Waals surface area (Å²) in [6, 6.07) is 11.4. The zero-order chi connectivity index (χ0) is 20.4. The third-order valence-corrected chi connectivity index (χ3v) is 5.15. The van der Waals surface area contributed by atoms with Crippen LogP contribution in [0.4, 0.5) is 0 Å². The van der Waals surface area contributed by atoms with E-state index in [4.69, 9.17) is 18.7 Å². The molecule has 0 amide bonds. The molecule has 29 heavy (non-hydrogen) atoms. The number of aromatic nitrogens is 3. The Morgan fingerprint density at radius 1 is 0.862 bits per heavy atom. The summed E-state index contributed by atoms with van der Waals surface area (Å²) in [5.74, 6) is 2.38. The molecule has 0 aliphatic heterocycles. The van der Waals surface area contributed by atoms with E-state index in [0.717, 1.165) is 21.8 Å². The summed E-state index contributed by atoms with van der Waals surface area (Å²) in [6.07, 6.45) is 0.